The Bertz CT molecular complexity index is 432. The van der Waals surface area contributed by atoms with Crippen molar-refractivity contribution in [1.82, 2.24) is 5.32 Å². The molecule has 5 nitrogen and oxygen atoms in total. The Balaban J connectivity index is 1.90. The van der Waals surface area contributed by atoms with Crippen molar-refractivity contribution in [2.24, 2.45) is 5.92 Å². The average molecular weight is 249 g/mol. The molecule has 1 aromatic rings. The Labute approximate surface area is 105 Å². The first-order valence-electron chi connectivity index (χ1n) is 5.80. The summed E-state index contributed by atoms with van der Waals surface area (Å²) in [4.78, 5) is 22.7. The molecule has 2 atom stereocenters. The van der Waals surface area contributed by atoms with Crippen LogP contribution in [0.2, 0.25) is 0 Å². The number of ether oxygens (including phenoxy) is 1. The van der Waals surface area contributed by atoms with E-state index in [-0.39, 0.29) is 25.5 Å². The number of rotatable bonds is 4. The minimum Gasteiger partial charge on any atom is -0.481 e. The van der Waals surface area contributed by atoms with Crippen LogP contribution in [-0.4, -0.2) is 36.2 Å². The third kappa shape index (κ3) is 3.07. The van der Waals surface area contributed by atoms with Crippen molar-refractivity contribution in [1.29, 1.82) is 0 Å². The predicted molar refractivity (Wildman–Crippen MR) is 64.0 cm³/mol. The molecule has 1 aliphatic rings. The number of hydrogen-bond donors (Lipinski definition) is 2. The van der Waals surface area contributed by atoms with Gasteiger partial charge in [-0.3, -0.25) is 9.59 Å². The van der Waals surface area contributed by atoms with Crippen LogP contribution in [0.5, 0.6) is 0 Å². The Morgan fingerprint density at radius 2 is 2.00 bits per heavy atom. The molecule has 1 fully saturated rings. The first-order chi connectivity index (χ1) is 8.66. The van der Waals surface area contributed by atoms with Crippen LogP contribution in [0.1, 0.15) is 5.56 Å². The van der Waals surface area contributed by atoms with E-state index < -0.39 is 17.9 Å². The zero-order valence-corrected chi connectivity index (χ0v) is 9.83. The third-order valence-corrected chi connectivity index (χ3v) is 2.95. The molecular formula is C13H15NO4. The number of aliphatic carboxylic acids is 1. The van der Waals surface area contributed by atoms with E-state index in [4.69, 9.17) is 9.84 Å². The Hall–Kier alpha value is -1.88. The van der Waals surface area contributed by atoms with Crippen molar-refractivity contribution < 1.29 is 19.4 Å². The highest BCUT2D eigenvalue weighted by atomic mass is 16.5. The summed E-state index contributed by atoms with van der Waals surface area (Å²) in [5.41, 5.74) is 0.904. The standard InChI is InChI=1S/C13H15NO4/c15-12(6-9-4-2-1-3-5-9)14-11-8-18-7-10(11)13(16)17/h1-5,10-11H,6-8H2,(H,14,15)(H,16,17)/t10-,11+/m1/s1. The summed E-state index contributed by atoms with van der Waals surface area (Å²) in [5.74, 6) is -1.76. The molecule has 2 rings (SSSR count). The van der Waals surface area contributed by atoms with Crippen LogP contribution in [-0.2, 0) is 20.7 Å². The van der Waals surface area contributed by atoms with Gasteiger partial charge in [-0.1, -0.05) is 30.3 Å². The molecule has 5 heteroatoms. The quantitative estimate of drug-likeness (QED) is 0.812. The topological polar surface area (TPSA) is 75.6 Å². The molecule has 0 saturated carbocycles. The van der Waals surface area contributed by atoms with Gasteiger partial charge in [0.15, 0.2) is 0 Å². The zero-order chi connectivity index (χ0) is 13.0. The van der Waals surface area contributed by atoms with E-state index in [1.165, 1.54) is 0 Å². The molecule has 0 aliphatic carbocycles. The molecule has 0 bridgehead atoms. The summed E-state index contributed by atoms with van der Waals surface area (Å²) >= 11 is 0. The van der Waals surface area contributed by atoms with Crippen molar-refractivity contribution in [3.8, 4) is 0 Å². The predicted octanol–water partition coefficient (Wildman–Crippen LogP) is 0.445. The van der Waals surface area contributed by atoms with Crippen LogP contribution in [0.3, 0.4) is 0 Å². The molecule has 0 radical (unpaired) electrons. The second-order valence-electron chi connectivity index (χ2n) is 4.32. The van der Waals surface area contributed by atoms with Gasteiger partial charge in [-0.25, -0.2) is 0 Å². The fourth-order valence-electron chi connectivity index (χ4n) is 1.98. The van der Waals surface area contributed by atoms with Gasteiger partial charge in [0, 0.05) is 0 Å². The Morgan fingerprint density at radius 3 is 2.67 bits per heavy atom. The van der Waals surface area contributed by atoms with Crippen LogP contribution < -0.4 is 5.32 Å². The van der Waals surface area contributed by atoms with Gasteiger partial charge in [0.05, 0.1) is 25.7 Å². The zero-order valence-electron chi connectivity index (χ0n) is 9.83. The van der Waals surface area contributed by atoms with E-state index in [0.29, 0.717) is 0 Å². The molecule has 1 aliphatic heterocycles. The van der Waals surface area contributed by atoms with Gasteiger partial charge < -0.3 is 15.2 Å². The van der Waals surface area contributed by atoms with E-state index in [1.54, 1.807) is 0 Å². The van der Waals surface area contributed by atoms with Crippen LogP contribution in [0.4, 0.5) is 0 Å². The number of carbonyl (C=O) groups is 2. The smallest absolute Gasteiger partial charge is 0.311 e. The fourth-order valence-corrected chi connectivity index (χ4v) is 1.98. The largest absolute Gasteiger partial charge is 0.481 e. The van der Waals surface area contributed by atoms with Gasteiger partial charge in [-0.2, -0.15) is 0 Å². The number of carbonyl (C=O) groups excluding carboxylic acids is 1. The van der Waals surface area contributed by atoms with Gasteiger partial charge in [0.25, 0.3) is 0 Å². The number of carboxylic acids is 1. The normalized spacial score (nSPS) is 22.7. The number of hydrogen-bond acceptors (Lipinski definition) is 3. The van der Waals surface area contributed by atoms with Crippen molar-refractivity contribution >= 4 is 11.9 Å². The van der Waals surface area contributed by atoms with Crippen molar-refractivity contribution in [2.75, 3.05) is 13.2 Å². The lowest BCUT2D eigenvalue weighted by molar-refractivity contribution is -0.142. The molecule has 1 aromatic carbocycles. The Kier molecular flexibility index (Phi) is 3.94. The summed E-state index contributed by atoms with van der Waals surface area (Å²) < 4.78 is 5.09. The van der Waals surface area contributed by atoms with Crippen molar-refractivity contribution in [3.63, 3.8) is 0 Å². The lowest BCUT2D eigenvalue weighted by atomic mass is 10.0. The molecule has 0 spiro atoms. The number of benzene rings is 1. The third-order valence-electron chi connectivity index (χ3n) is 2.95. The molecule has 18 heavy (non-hydrogen) atoms. The highest BCUT2D eigenvalue weighted by Crippen LogP contribution is 2.14. The minimum absolute atomic E-state index is 0.158. The number of amides is 1. The minimum atomic E-state index is -0.933. The van der Waals surface area contributed by atoms with Crippen molar-refractivity contribution in [2.45, 2.75) is 12.5 Å². The monoisotopic (exact) mass is 249 g/mol. The van der Waals surface area contributed by atoms with Crippen LogP contribution >= 0.6 is 0 Å². The summed E-state index contributed by atoms with van der Waals surface area (Å²) in [6.45, 7) is 0.420. The summed E-state index contributed by atoms with van der Waals surface area (Å²) in [5, 5.41) is 11.7. The van der Waals surface area contributed by atoms with Crippen molar-refractivity contribution in [3.05, 3.63) is 35.9 Å². The van der Waals surface area contributed by atoms with E-state index in [9.17, 15) is 9.59 Å². The first kappa shape index (κ1) is 12.6. The van der Waals surface area contributed by atoms with Gasteiger partial charge in [-0.15, -0.1) is 0 Å². The average Bonchev–Trinajstić information content (AvgIpc) is 2.78. The molecular weight excluding hydrogens is 234 g/mol. The molecule has 2 N–H and O–H groups in total. The lowest BCUT2D eigenvalue weighted by Crippen LogP contribution is -2.43. The van der Waals surface area contributed by atoms with Crippen LogP contribution in [0.15, 0.2) is 30.3 Å². The van der Waals surface area contributed by atoms with Crippen LogP contribution in [0.25, 0.3) is 0 Å². The molecule has 1 saturated heterocycles. The van der Waals surface area contributed by atoms with Crippen LogP contribution in [0, 0.1) is 5.92 Å². The molecule has 0 aromatic heterocycles. The van der Waals surface area contributed by atoms with Gasteiger partial charge in [0.2, 0.25) is 5.91 Å². The molecule has 1 amide bonds. The van der Waals surface area contributed by atoms with Gasteiger partial charge in [-0.05, 0) is 5.56 Å². The second kappa shape index (κ2) is 5.64. The SMILES string of the molecule is O=C(Cc1ccccc1)N[C@H]1COC[C@H]1C(=O)O. The summed E-state index contributed by atoms with van der Waals surface area (Å²) in [6, 6.07) is 8.90. The summed E-state index contributed by atoms with van der Waals surface area (Å²) in [7, 11) is 0. The first-order valence-corrected chi connectivity index (χ1v) is 5.80. The van der Waals surface area contributed by atoms with Gasteiger partial charge >= 0.3 is 5.97 Å². The van der Waals surface area contributed by atoms with E-state index in [2.05, 4.69) is 5.32 Å². The fraction of sp³-hybridized carbons (Fsp3) is 0.385. The molecule has 1 heterocycles. The van der Waals surface area contributed by atoms with E-state index in [0.717, 1.165) is 5.56 Å². The summed E-state index contributed by atoms with van der Waals surface area (Å²) in [6.07, 6.45) is 0.254. The highest BCUT2D eigenvalue weighted by Gasteiger charge is 2.34. The molecule has 96 valence electrons. The second-order valence-corrected chi connectivity index (χ2v) is 4.32. The Morgan fingerprint density at radius 1 is 1.28 bits per heavy atom. The lowest BCUT2D eigenvalue weighted by Gasteiger charge is -2.15. The maximum atomic E-state index is 11.8. The van der Waals surface area contributed by atoms with Gasteiger partial charge in [0.1, 0.15) is 5.92 Å². The maximum Gasteiger partial charge on any atom is 0.311 e. The number of nitrogens with one attached hydrogen (secondary N) is 1. The molecule has 0 unspecified atom stereocenters. The van der Waals surface area contributed by atoms with E-state index in [1.807, 2.05) is 30.3 Å². The maximum absolute atomic E-state index is 11.8. The number of carboxylic acid groups (broad SMARTS) is 1. The van der Waals surface area contributed by atoms with E-state index >= 15 is 0 Å². The highest BCUT2D eigenvalue weighted by molar-refractivity contribution is 5.80.